The summed E-state index contributed by atoms with van der Waals surface area (Å²) >= 11 is 0. The number of morpholine rings is 1. The molecule has 6 heteroatoms. The van der Waals surface area contributed by atoms with Gasteiger partial charge in [-0.2, -0.15) is 0 Å². The van der Waals surface area contributed by atoms with Crippen LogP contribution in [0.1, 0.15) is 18.4 Å². The maximum atomic E-state index is 5.90. The van der Waals surface area contributed by atoms with Crippen molar-refractivity contribution in [2.24, 2.45) is 10.7 Å². The van der Waals surface area contributed by atoms with E-state index in [9.17, 15) is 0 Å². The van der Waals surface area contributed by atoms with Crippen molar-refractivity contribution < 1.29 is 9.47 Å². The lowest BCUT2D eigenvalue weighted by molar-refractivity contribution is 0.0373. The Bertz CT molecular complexity index is 484. The quantitative estimate of drug-likeness (QED) is 0.404. The first-order chi connectivity index (χ1) is 11.8. The summed E-state index contributed by atoms with van der Waals surface area (Å²) in [7, 11) is 1.68. The highest BCUT2D eigenvalue weighted by Gasteiger charge is 2.08. The molecule has 3 N–H and O–H groups in total. The molecule has 2 rings (SSSR count). The van der Waals surface area contributed by atoms with E-state index in [1.54, 1.807) is 7.11 Å². The van der Waals surface area contributed by atoms with Crippen molar-refractivity contribution >= 4 is 5.96 Å². The van der Waals surface area contributed by atoms with Gasteiger partial charge in [0, 0.05) is 26.2 Å². The van der Waals surface area contributed by atoms with E-state index in [2.05, 4.69) is 27.3 Å². The minimum Gasteiger partial charge on any atom is -0.497 e. The molecule has 1 aliphatic rings. The van der Waals surface area contributed by atoms with Crippen LogP contribution in [0.25, 0.3) is 0 Å². The molecule has 1 heterocycles. The molecule has 0 unspecified atom stereocenters. The van der Waals surface area contributed by atoms with Crippen LogP contribution in [0.4, 0.5) is 0 Å². The fourth-order valence-corrected chi connectivity index (χ4v) is 2.65. The predicted molar refractivity (Wildman–Crippen MR) is 97.7 cm³/mol. The molecule has 0 aliphatic carbocycles. The number of rotatable bonds is 9. The van der Waals surface area contributed by atoms with Gasteiger partial charge in [0.25, 0.3) is 0 Å². The van der Waals surface area contributed by atoms with E-state index in [0.29, 0.717) is 5.96 Å². The summed E-state index contributed by atoms with van der Waals surface area (Å²) in [6, 6.07) is 8.08. The molecule has 0 aromatic heterocycles. The summed E-state index contributed by atoms with van der Waals surface area (Å²) < 4.78 is 10.5. The van der Waals surface area contributed by atoms with E-state index >= 15 is 0 Å². The zero-order valence-electron chi connectivity index (χ0n) is 14.7. The van der Waals surface area contributed by atoms with Gasteiger partial charge in [-0.1, -0.05) is 12.1 Å². The first-order valence-corrected chi connectivity index (χ1v) is 8.75. The summed E-state index contributed by atoms with van der Waals surface area (Å²) in [4.78, 5) is 6.83. The molecule has 0 amide bonds. The molecule has 1 aromatic rings. The highest BCUT2D eigenvalue weighted by molar-refractivity contribution is 5.77. The lowest BCUT2D eigenvalue weighted by Crippen LogP contribution is -2.36. The Morgan fingerprint density at radius 3 is 2.71 bits per heavy atom. The Morgan fingerprint density at radius 2 is 2.00 bits per heavy atom. The molecule has 0 radical (unpaired) electrons. The van der Waals surface area contributed by atoms with E-state index in [-0.39, 0.29) is 0 Å². The van der Waals surface area contributed by atoms with Crippen LogP contribution in [0.3, 0.4) is 0 Å². The van der Waals surface area contributed by atoms with E-state index in [0.717, 1.165) is 70.9 Å². The van der Waals surface area contributed by atoms with Crippen LogP contribution in [0, 0.1) is 0 Å². The van der Waals surface area contributed by atoms with Crippen molar-refractivity contribution in [1.29, 1.82) is 0 Å². The van der Waals surface area contributed by atoms with Gasteiger partial charge in [0.1, 0.15) is 5.75 Å². The van der Waals surface area contributed by atoms with Crippen LogP contribution >= 0.6 is 0 Å². The third-order valence-corrected chi connectivity index (χ3v) is 4.15. The van der Waals surface area contributed by atoms with Gasteiger partial charge in [-0.05, 0) is 43.5 Å². The molecule has 24 heavy (non-hydrogen) atoms. The number of benzene rings is 1. The molecule has 1 aromatic carbocycles. The molecule has 134 valence electrons. The number of nitrogens with one attached hydrogen (secondary N) is 1. The van der Waals surface area contributed by atoms with Gasteiger partial charge in [-0.25, -0.2) is 0 Å². The number of methoxy groups -OCH3 is 1. The number of aliphatic imine (C=N–C) groups is 1. The number of hydrogen-bond acceptors (Lipinski definition) is 4. The van der Waals surface area contributed by atoms with Gasteiger partial charge in [0.2, 0.25) is 0 Å². The number of hydrogen-bond donors (Lipinski definition) is 2. The molecule has 1 aliphatic heterocycles. The minimum absolute atomic E-state index is 0.537. The number of guanidine groups is 1. The van der Waals surface area contributed by atoms with Crippen molar-refractivity contribution in [2.75, 3.05) is 53.0 Å². The maximum absolute atomic E-state index is 5.90. The molecular formula is C18H30N4O2. The number of nitrogens with two attached hydrogens (primary N) is 1. The maximum Gasteiger partial charge on any atom is 0.188 e. The standard InChI is InChI=1S/C18H30N4O2/c1-23-17-6-4-16(5-7-17)8-10-21-18(19)20-9-2-3-11-22-12-14-24-15-13-22/h4-7H,2-3,8-15H2,1H3,(H3,19,20,21). The summed E-state index contributed by atoms with van der Waals surface area (Å²) in [5, 5.41) is 3.17. The van der Waals surface area contributed by atoms with Crippen LogP contribution in [0.15, 0.2) is 29.3 Å². The van der Waals surface area contributed by atoms with Crippen LogP contribution in [-0.4, -0.2) is 63.9 Å². The lowest BCUT2D eigenvalue weighted by Gasteiger charge is -2.26. The average Bonchev–Trinajstić information content (AvgIpc) is 2.63. The molecule has 1 fully saturated rings. The second-order valence-corrected chi connectivity index (χ2v) is 5.95. The second kappa shape index (κ2) is 10.9. The van der Waals surface area contributed by atoms with Crippen LogP contribution in [0.5, 0.6) is 5.75 Å². The minimum atomic E-state index is 0.537. The lowest BCUT2D eigenvalue weighted by atomic mass is 10.1. The Morgan fingerprint density at radius 1 is 1.25 bits per heavy atom. The van der Waals surface area contributed by atoms with Gasteiger partial charge < -0.3 is 20.5 Å². The van der Waals surface area contributed by atoms with Gasteiger partial charge >= 0.3 is 0 Å². The van der Waals surface area contributed by atoms with Crippen molar-refractivity contribution in [1.82, 2.24) is 10.2 Å². The molecule has 0 atom stereocenters. The summed E-state index contributed by atoms with van der Waals surface area (Å²) in [6.45, 7) is 6.54. The molecule has 0 saturated carbocycles. The van der Waals surface area contributed by atoms with E-state index in [1.807, 2.05) is 12.1 Å². The predicted octanol–water partition coefficient (Wildman–Crippen LogP) is 1.25. The highest BCUT2D eigenvalue weighted by atomic mass is 16.5. The fraction of sp³-hybridized carbons (Fsp3) is 0.611. The zero-order valence-corrected chi connectivity index (χ0v) is 14.7. The first kappa shape index (κ1) is 18.5. The molecule has 6 nitrogen and oxygen atoms in total. The van der Waals surface area contributed by atoms with Gasteiger partial charge in [-0.3, -0.25) is 9.89 Å². The molecular weight excluding hydrogens is 304 g/mol. The van der Waals surface area contributed by atoms with Gasteiger partial charge in [-0.15, -0.1) is 0 Å². The van der Waals surface area contributed by atoms with Gasteiger partial charge in [0.15, 0.2) is 5.96 Å². The molecule has 0 bridgehead atoms. The van der Waals surface area contributed by atoms with Crippen LogP contribution in [-0.2, 0) is 11.2 Å². The normalized spacial score (nSPS) is 16.1. The Kier molecular flexibility index (Phi) is 8.41. The summed E-state index contributed by atoms with van der Waals surface area (Å²) in [5.74, 6) is 1.42. The fourth-order valence-electron chi connectivity index (χ4n) is 2.65. The van der Waals surface area contributed by atoms with E-state index < -0.39 is 0 Å². The van der Waals surface area contributed by atoms with E-state index in [4.69, 9.17) is 15.2 Å². The van der Waals surface area contributed by atoms with E-state index in [1.165, 1.54) is 5.56 Å². The summed E-state index contributed by atoms with van der Waals surface area (Å²) in [5.41, 5.74) is 7.15. The van der Waals surface area contributed by atoms with Crippen molar-refractivity contribution in [3.63, 3.8) is 0 Å². The average molecular weight is 334 g/mol. The topological polar surface area (TPSA) is 72.1 Å². The summed E-state index contributed by atoms with van der Waals surface area (Å²) in [6.07, 6.45) is 3.14. The Hall–Kier alpha value is -1.79. The molecule has 0 spiro atoms. The Balaban J connectivity index is 1.52. The largest absolute Gasteiger partial charge is 0.497 e. The SMILES string of the molecule is COc1ccc(CCNC(N)=NCCCCN2CCOCC2)cc1. The highest BCUT2D eigenvalue weighted by Crippen LogP contribution is 2.11. The van der Waals surface area contributed by atoms with Crippen molar-refractivity contribution in [3.8, 4) is 5.75 Å². The molecule has 1 saturated heterocycles. The smallest absolute Gasteiger partial charge is 0.188 e. The third-order valence-electron chi connectivity index (χ3n) is 4.15. The number of ether oxygens (including phenoxy) is 2. The number of nitrogens with zero attached hydrogens (tertiary/aromatic N) is 2. The van der Waals surface area contributed by atoms with Crippen molar-refractivity contribution in [3.05, 3.63) is 29.8 Å². The zero-order chi connectivity index (χ0) is 17.0. The van der Waals surface area contributed by atoms with Crippen molar-refractivity contribution in [2.45, 2.75) is 19.3 Å². The van der Waals surface area contributed by atoms with Crippen LogP contribution in [0.2, 0.25) is 0 Å². The monoisotopic (exact) mass is 334 g/mol. The van der Waals surface area contributed by atoms with Crippen LogP contribution < -0.4 is 15.8 Å². The third kappa shape index (κ3) is 7.19. The second-order valence-electron chi connectivity index (χ2n) is 5.95. The first-order valence-electron chi connectivity index (χ1n) is 8.75. The Labute approximate surface area is 145 Å². The number of unbranched alkanes of at least 4 members (excludes halogenated alkanes) is 1. The van der Waals surface area contributed by atoms with Gasteiger partial charge in [0.05, 0.1) is 20.3 Å².